The molecule has 5 rings (SSSR count). The van der Waals surface area contributed by atoms with Crippen molar-refractivity contribution in [2.24, 2.45) is 0 Å². The molecule has 0 radical (unpaired) electrons. The summed E-state index contributed by atoms with van der Waals surface area (Å²) in [5, 5.41) is 2.75. The molecule has 21 heavy (non-hydrogen) atoms. The van der Waals surface area contributed by atoms with Crippen LogP contribution in [-0.4, -0.2) is 0 Å². The number of rotatable bonds is 0. The van der Waals surface area contributed by atoms with Crippen molar-refractivity contribution in [2.45, 2.75) is 31.1 Å². The van der Waals surface area contributed by atoms with Crippen LogP contribution in [0.5, 0.6) is 0 Å². The first kappa shape index (κ1) is 11.6. The van der Waals surface area contributed by atoms with Gasteiger partial charge in [0, 0.05) is 5.41 Å². The molecule has 0 nitrogen and oxygen atoms in total. The third-order valence-corrected chi connectivity index (χ3v) is 5.59. The molecule has 102 valence electrons. The molecule has 0 N–H and O–H groups in total. The fourth-order valence-corrected chi connectivity index (χ4v) is 4.66. The second-order valence-corrected chi connectivity index (χ2v) is 6.58. The number of hydrogen-bond acceptors (Lipinski definition) is 0. The van der Waals surface area contributed by atoms with Gasteiger partial charge in [0.1, 0.15) is 0 Å². The van der Waals surface area contributed by atoms with Crippen LogP contribution in [0, 0.1) is 0 Å². The van der Waals surface area contributed by atoms with Crippen molar-refractivity contribution in [1.29, 1.82) is 0 Å². The van der Waals surface area contributed by atoms with Crippen LogP contribution in [0.2, 0.25) is 0 Å². The van der Waals surface area contributed by atoms with Gasteiger partial charge in [-0.1, -0.05) is 61.4 Å². The van der Waals surface area contributed by atoms with Crippen LogP contribution in [0.4, 0.5) is 0 Å². The van der Waals surface area contributed by atoms with Gasteiger partial charge < -0.3 is 0 Å². The summed E-state index contributed by atoms with van der Waals surface area (Å²) in [4.78, 5) is 0. The van der Waals surface area contributed by atoms with Crippen molar-refractivity contribution in [1.82, 2.24) is 0 Å². The highest BCUT2D eigenvalue weighted by molar-refractivity contribution is 5.93. The molecule has 0 unspecified atom stereocenters. The number of hydrogen-bond donors (Lipinski definition) is 0. The van der Waals surface area contributed by atoms with Crippen molar-refractivity contribution in [3.63, 3.8) is 0 Å². The average Bonchev–Trinajstić information content (AvgIpc) is 3.13. The van der Waals surface area contributed by atoms with Crippen LogP contribution in [-0.2, 0) is 5.41 Å². The lowest BCUT2D eigenvalue weighted by atomic mass is 9.76. The van der Waals surface area contributed by atoms with E-state index in [1.54, 1.807) is 11.1 Å². The van der Waals surface area contributed by atoms with Crippen LogP contribution >= 0.6 is 0 Å². The van der Waals surface area contributed by atoms with Gasteiger partial charge in [-0.15, -0.1) is 0 Å². The Bertz CT molecular complexity index is 851. The fraction of sp³-hybridized carbons (Fsp3) is 0.238. The third kappa shape index (κ3) is 1.40. The highest BCUT2D eigenvalue weighted by atomic mass is 14.5. The summed E-state index contributed by atoms with van der Waals surface area (Å²) >= 11 is 0. The third-order valence-electron chi connectivity index (χ3n) is 5.59. The highest BCUT2D eigenvalue weighted by Gasteiger charge is 2.44. The van der Waals surface area contributed by atoms with E-state index in [1.165, 1.54) is 47.6 Å². The molecule has 0 atom stereocenters. The molecular weight excluding hydrogens is 252 g/mol. The molecule has 2 aliphatic rings. The maximum absolute atomic E-state index is 2.47. The molecule has 1 saturated carbocycles. The number of fused-ring (bicyclic) bond motifs is 6. The van der Waals surface area contributed by atoms with Crippen molar-refractivity contribution < 1.29 is 0 Å². The van der Waals surface area contributed by atoms with Crippen molar-refractivity contribution in [3.8, 4) is 11.1 Å². The molecule has 3 aromatic carbocycles. The Kier molecular flexibility index (Phi) is 2.19. The minimum atomic E-state index is 0.302. The lowest BCUT2D eigenvalue weighted by molar-refractivity contribution is 0.550. The molecule has 0 amide bonds. The Hall–Kier alpha value is -2.08. The fourth-order valence-electron chi connectivity index (χ4n) is 4.66. The van der Waals surface area contributed by atoms with E-state index in [-0.39, 0.29) is 0 Å². The summed E-state index contributed by atoms with van der Waals surface area (Å²) in [7, 11) is 0. The van der Waals surface area contributed by atoms with E-state index in [2.05, 4.69) is 60.7 Å². The molecule has 3 aromatic rings. The van der Waals surface area contributed by atoms with Gasteiger partial charge >= 0.3 is 0 Å². The Morgan fingerprint density at radius 3 is 2.10 bits per heavy atom. The average molecular weight is 270 g/mol. The molecule has 0 bridgehead atoms. The summed E-state index contributed by atoms with van der Waals surface area (Å²) in [6.45, 7) is 0. The van der Waals surface area contributed by atoms with Gasteiger partial charge in [-0.3, -0.25) is 0 Å². The Labute approximate surface area is 125 Å². The smallest absolute Gasteiger partial charge is 0.0215 e. The summed E-state index contributed by atoms with van der Waals surface area (Å²) in [5.74, 6) is 0. The molecule has 0 aromatic heterocycles. The van der Waals surface area contributed by atoms with Crippen LogP contribution in [0.15, 0.2) is 60.7 Å². The predicted molar refractivity (Wildman–Crippen MR) is 88.6 cm³/mol. The van der Waals surface area contributed by atoms with E-state index in [0.29, 0.717) is 5.41 Å². The topological polar surface area (TPSA) is 0 Å². The van der Waals surface area contributed by atoms with Gasteiger partial charge in [-0.2, -0.15) is 0 Å². The molecule has 0 saturated heterocycles. The molecule has 1 spiro atoms. The normalized spacial score (nSPS) is 18.1. The molecular formula is C21H18. The molecule has 0 aliphatic heterocycles. The zero-order valence-corrected chi connectivity index (χ0v) is 12.1. The highest BCUT2D eigenvalue weighted by Crippen LogP contribution is 2.57. The Balaban J connectivity index is 1.91. The van der Waals surface area contributed by atoms with Crippen molar-refractivity contribution >= 4 is 10.8 Å². The summed E-state index contributed by atoms with van der Waals surface area (Å²) < 4.78 is 0. The van der Waals surface area contributed by atoms with Crippen LogP contribution < -0.4 is 0 Å². The quantitative estimate of drug-likeness (QED) is 0.493. The SMILES string of the molecule is c1ccc2c(c1)-c1cc3ccccc3cc1C21CCCC1. The minimum absolute atomic E-state index is 0.302. The van der Waals surface area contributed by atoms with E-state index in [0.717, 1.165) is 0 Å². The number of benzene rings is 3. The summed E-state index contributed by atoms with van der Waals surface area (Å²) in [5.41, 5.74) is 6.41. The van der Waals surface area contributed by atoms with E-state index >= 15 is 0 Å². The van der Waals surface area contributed by atoms with Gasteiger partial charge in [0.25, 0.3) is 0 Å². The zero-order chi connectivity index (χ0) is 13.9. The maximum atomic E-state index is 2.47. The molecule has 2 aliphatic carbocycles. The summed E-state index contributed by atoms with van der Waals surface area (Å²) in [6.07, 6.45) is 5.35. The van der Waals surface area contributed by atoms with E-state index in [4.69, 9.17) is 0 Å². The summed E-state index contributed by atoms with van der Waals surface area (Å²) in [6, 6.07) is 22.7. The van der Waals surface area contributed by atoms with Crippen molar-refractivity contribution in [3.05, 3.63) is 71.8 Å². The van der Waals surface area contributed by atoms with E-state index in [9.17, 15) is 0 Å². The standard InChI is InChI=1S/C21H18/c1-2-8-16-14-20-18(13-15(16)7-1)17-9-3-4-10-19(17)21(20)11-5-6-12-21/h1-4,7-10,13-14H,5-6,11-12H2. The van der Waals surface area contributed by atoms with E-state index in [1.807, 2.05) is 0 Å². The largest absolute Gasteiger partial charge is 0.0619 e. The van der Waals surface area contributed by atoms with Crippen LogP contribution in [0.25, 0.3) is 21.9 Å². The monoisotopic (exact) mass is 270 g/mol. The van der Waals surface area contributed by atoms with Crippen LogP contribution in [0.3, 0.4) is 0 Å². The van der Waals surface area contributed by atoms with Crippen LogP contribution in [0.1, 0.15) is 36.8 Å². The molecule has 0 heteroatoms. The predicted octanol–water partition coefficient (Wildman–Crippen LogP) is 5.68. The van der Waals surface area contributed by atoms with Gasteiger partial charge in [0.05, 0.1) is 0 Å². The second-order valence-electron chi connectivity index (χ2n) is 6.58. The van der Waals surface area contributed by atoms with Gasteiger partial charge in [-0.25, -0.2) is 0 Å². The first-order valence-corrected chi connectivity index (χ1v) is 8.02. The first-order valence-electron chi connectivity index (χ1n) is 8.02. The Morgan fingerprint density at radius 2 is 1.29 bits per heavy atom. The van der Waals surface area contributed by atoms with E-state index < -0.39 is 0 Å². The zero-order valence-electron chi connectivity index (χ0n) is 12.1. The van der Waals surface area contributed by atoms with Gasteiger partial charge in [0.15, 0.2) is 0 Å². The van der Waals surface area contributed by atoms with Gasteiger partial charge in [0.2, 0.25) is 0 Å². The maximum Gasteiger partial charge on any atom is 0.0215 e. The lowest BCUT2D eigenvalue weighted by Gasteiger charge is -2.26. The molecule has 0 heterocycles. The molecule has 1 fully saturated rings. The van der Waals surface area contributed by atoms with Gasteiger partial charge in [-0.05, 0) is 58.0 Å². The van der Waals surface area contributed by atoms with Crippen molar-refractivity contribution in [2.75, 3.05) is 0 Å². The lowest BCUT2D eigenvalue weighted by Crippen LogP contribution is -2.20. The Morgan fingerprint density at radius 1 is 0.619 bits per heavy atom. The first-order chi connectivity index (χ1) is 10.4. The second kappa shape index (κ2) is 3.98. The minimum Gasteiger partial charge on any atom is -0.0619 e.